The number of aromatic nitrogens is 2. The molecule has 0 spiro atoms. The minimum Gasteiger partial charge on any atom is -0.324 e. The summed E-state index contributed by atoms with van der Waals surface area (Å²) in [5.74, 6) is -0.874. The average molecular weight is 407 g/mol. The summed E-state index contributed by atoms with van der Waals surface area (Å²) in [6.07, 6.45) is 1.37. The van der Waals surface area contributed by atoms with Gasteiger partial charge in [-0.3, -0.25) is 14.2 Å². The highest BCUT2D eigenvalue weighted by molar-refractivity contribution is 7.17. The fourth-order valence-electron chi connectivity index (χ4n) is 3.12. The molecule has 0 radical (unpaired) electrons. The summed E-state index contributed by atoms with van der Waals surface area (Å²) in [5.41, 5.74) is 4.13. The van der Waals surface area contributed by atoms with E-state index in [9.17, 15) is 14.0 Å². The number of nitrogens with one attached hydrogen (secondary N) is 1. The molecule has 0 bridgehead atoms. The normalized spacial score (nSPS) is 11.0. The van der Waals surface area contributed by atoms with Crippen molar-refractivity contribution in [2.45, 2.75) is 20.4 Å². The van der Waals surface area contributed by atoms with Gasteiger partial charge in [-0.05, 0) is 48.7 Å². The van der Waals surface area contributed by atoms with Crippen LogP contribution in [0.3, 0.4) is 0 Å². The molecular weight excluding hydrogens is 389 g/mol. The fraction of sp³-hybridized carbons (Fsp3) is 0.136. The van der Waals surface area contributed by atoms with Crippen molar-refractivity contribution in [3.8, 4) is 11.1 Å². The summed E-state index contributed by atoms with van der Waals surface area (Å²) in [6, 6.07) is 11.7. The molecule has 4 aromatic rings. The lowest BCUT2D eigenvalue weighted by Gasteiger charge is -2.08. The second-order valence-electron chi connectivity index (χ2n) is 6.86. The Hall–Kier alpha value is -3.32. The van der Waals surface area contributed by atoms with Crippen LogP contribution in [0.2, 0.25) is 0 Å². The molecule has 29 heavy (non-hydrogen) atoms. The van der Waals surface area contributed by atoms with Crippen LogP contribution in [0.15, 0.2) is 59.0 Å². The van der Waals surface area contributed by atoms with Crippen LogP contribution in [0.1, 0.15) is 11.1 Å². The predicted octanol–water partition coefficient (Wildman–Crippen LogP) is 4.52. The summed E-state index contributed by atoms with van der Waals surface area (Å²) in [5, 5.41) is 5.01. The molecule has 0 saturated carbocycles. The molecule has 0 aliphatic rings. The fourth-order valence-corrected chi connectivity index (χ4v) is 4.03. The van der Waals surface area contributed by atoms with Gasteiger partial charge in [0.25, 0.3) is 5.56 Å². The van der Waals surface area contributed by atoms with Gasteiger partial charge in [0.05, 0.1) is 11.7 Å². The molecule has 0 aliphatic heterocycles. The predicted molar refractivity (Wildman–Crippen MR) is 114 cm³/mol. The number of rotatable bonds is 4. The number of benzene rings is 2. The first-order valence-electron chi connectivity index (χ1n) is 9.02. The zero-order valence-electron chi connectivity index (χ0n) is 15.9. The van der Waals surface area contributed by atoms with Crippen molar-refractivity contribution >= 4 is 33.1 Å². The lowest BCUT2D eigenvalue weighted by atomic mass is 10.0. The van der Waals surface area contributed by atoms with Crippen LogP contribution in [0.4, 0.5) is 10.1 Å². The van der Waals surface area contributed by atoms with Gasteiger partial charge in [-0.2, -0.15) is 0 Å². The lowest BCUT2D eigenvalue weighted by molar-refractivity contribution is -0.116. The largest absolute Gasteiger partial charge is 0.324 e. The third-order valence-electron chi connectivity index (χ3n) is 4.80. The summed E-state index contributed by atoms with van der Waals surface area (Å²) < 4.78 is 14.6. The number of carbonyl (C=O) groups is 1. The third-order valence-corrected chi connectivity index (χ3v) is 5.69. The summed E-state index contributed by atoms with van der Waals surface area (Å²) in [7, 11) is 0. The molecule has 0 unspecified atom stereocenters. The number of halogens is 1. The topological polar surface area (TPSA) is 64.0 Å². The number of hydrogen-bond donors (Lipinski definition) is 1. The second kappa shape index (κ2) is 7.60. The smallest absolute Gasteiger partial charge is 0.263 e. The number of nitrogens with zero attached hydrogens (tertiary/aromatic N) is 2. The van der Waals surface area contributed by atoms with Gasteiger partial charge in [0.2, 0.25) is 5.91 Å². The van der Waals surface area contributed by atoms with Crippen molar-refractivity contribution in [2.24, 2.45) is 0 Å². The van der Waals surface area contributed by atoms with Crippen molar-refractivity contribution in [1.82, 2.24) is 9.55 Å². The highest BCUT2D eigenvalue weighted by atomic mass is 32.1. The van der Waals surface area contributed by atoms with Gasteiger partial charge in [0.15, 0.2) is 0 Å². The summed E-state index contributed by atoms with van der Waals surface area (Å²) in [4.78, 5) is 30.4. The second-order valence-corrected chi connectivity index (χ2v) is 7.72. The van der Waals surface area contributed by atoms with E-state index < -0.39 is 11.7 Å². The van der Waals surface area contributed by atoms with E-state index in [-0.39, 0.29) is 12.1 Å². The quantitative estimate of drug-likeness (QED) is 0.541. The summed E-state index contributed by atoms with van der Waals surface area (Å²) >= 11 is 1.40. The molecule has 2 aromatic carbocycles. The highest BCUT2D eigenvalue weighted by Gasteiger charge is 2.15. The van der Waals surface area contributed by atoms with E-state index in [1.165, 1.54) is 46.0 Å². The Balaban J connectivity index is 1.67. The Labute approximate surface area is 170 Å². The summed E-state index contributed by atoms with van der Waals surface area (Å²) in [6.45, 7) is 3.86. The first kappa shape index (κ1) is 19.0. The third kappa shape index (κ3) is 3.82. The lowest BCUT2D eigenvalue weighted by Crippen LogP contribution is -2.27. The van der Waals surface area contributed by atoms with Gasteiger partial charge in [0.1, 0.15) is 17.2 Å². The van der Waals surface area contributed by atoms with Crippen LogP contribution in [-0.4, -0.2) is 15.5 Å². The van der Waals surface area contributed by atoms with E-state index in [0.717, 1.165) is 16.7 Å². The number of aryl methyl sites for hydroxylation is 2. The molecule has 5 nitrogen and oxygen atoms in total. The molecule has 2 aromatic heterocycles. The molecular formula is C22H18FN3O2S. The molecule has 1 N–H and O–H groups in total. The van der Waals surface area contributed by atoms with E-state index in [0.29, 0.717) is 15.9 Å². The van der Waals surface area contributed by atoms with Crippen molar-refractivity contribution in [2.75, 3.05) is 5.32 Å². The molecule has 0 saturated heterocycles. The van der Waals surface area contributed by atoms with Gasteiger partial charge >= 0.3 is 0 Å². The van der Waals surface area contributed by atoms with E-state index >= 15 is 0 Å². The van der Waals surface area contributed by atoms with Crippen LogP contribution in [0.5, 0.6) is 0 Å². The SMILES string of the molecule is Cc1ccc(-c2csc3ncn(CC(=O)Nc4cccc(F)c4)c(=O)c23)cc1C. The number of anilines is 1. The van der Waals surface area contributed by atoms with Crippen LogP contribution in [-0.2, 0) is 11.3 Å². The molecule has 0 fully saturated rings. The van der Waals surface area contributed by atoms with E-state index in [1.54, 1.807) is 6.07 Å². The maximum atomic E-state index is 13.3. The van der Waals surface area contributed by atoms with Gasteiger partial charge in [0, 0.05) is 16.6 Å². The Morgan fingerprint density at radius 2 is 2.00 bits per heavy atom. The van der Waals surface area contributed by atoms with Crippen LogP contribution < -0.4 is 10.9 Å². The van der Waals surface area contributed by atoms with Crippen molar-refractivity contribution in [1.29, 1.82) is 0 Å². The van der Waals surface area contributed by atoms with Gasteiger partial charge in [-0.1, -0.05) is 24.3 Å². The van der Waals surface area contributed by atoms with Gasteiger partial charge in [-0.15, -0.1) is 11.3 Å². The molecule has 0 atom stereocenters. The first-order valence-corrected chi connectivity index (χ1v) is 9.90. The zero-order valence-corrected chi connectivity index (χ0v) is 16.7. The van der Waals surface area contributed by atoms with Crippen LogP contribution in [0, 0.1) is 19.7 Å². The first-order chi connectivity index (χ1) is 13.9. The Morgan fingerprint density at radius 1 is 1.17 bits per heavy atom. The van der Waals surface area contributed by atoms with E-state index in [1.807, 2.05) is 37.4 Å². The zero-order chi connectivity index (χ0) is 20.5. The van der Waals surface area contributed by atoms with E-state index in [4.69, 9.17) is 0 Å². The average Bonchev–Trinajstić information content (AvgIpc) is 3.11. The highest BCUT2D eigenvalue weighted by Crippen LogP contribution is 2.31. The molecule has 1 amide bonds. The van der Waals surface area contributed by atoms with Crippen LogP contribution in [0.25, 0.3) is 21.3 Å². The van der Waals surface area contributed by atoms with Crippen molar-refractivity contribution in [3.05, 3.63) is 81.5 Å². The molecule has 146 valence electrons. The Kier molecular flexibility index (Phi) is 4.98. The van der Waals surface area contributed by atoms with Gasteiger partial charge in [-0.25, -0.2) is 9.37 Å². The number of fused-ring (bicyclic) bond motifs is 1. The minimum atomic E-state index is -0.445. The number of thiophene rings is 1. The van der Waals surface area contributed by atoms with Crippen molar-refractivity contribution < 1.29 is 9.18 Å². The number of carbonyl (C=O) groups excluding carboxylic acids is 1. The van der Waals surface area contributed by atoms with Crippen molar-refractivity contribution in [3.63, 3.8) is 0 Å². The van der Waals surface area contributed by atoms with E-state index in [2.05, 4.69) is 10.3 Å². The van der Waals surface area contributed by atoms with Gasteiger partial charge < -0.3 is 5.32 Å². The number of amides is 1. The Bertz CT molecular complexity index is 1290. The number of hydrogen-bond acceptors (Lipinski definition) is 4. The molecule has 4 rings (SSSR count). The standard InChI is InChI=1S/C22H18FN3O2S/c1-13-6-7-15(8-14(13)2)18-11-29-21-20(18)22(28)26(12-24-21)10-19(27)25-17-5-3-4-16(23)9-17/h3-9,11-12H,10H2,1-2H3,(H,25,27). The van der Waals surface area contributed by atoms with Crippen LogP contribution >= 0.6 is 11.3 Å². The maximum absolute atomic E-state index is 13.3. The Morgan fingerprint density at radius 3 is 2.76 bits per heavy atom. The molecule has 0 aliphatic carbocycles. The monoisotopic (exact) mass is 407 g/mol. The minimum absolute atomic E-state index is 0.208. The maximum Gasteiger partial charge on any atom is 0.263 e. The molecule has 7 heteroatoms. The molecule has 2 heterocycles.